The number of carbonyl (C=O) groups is 1. The highest BCUT2D eigenvalue weighted by Crippen LogP contribution is 2.26. The van der Waals surface area contributed by atoms with Gasteiger partial charge in [0.05, 0.1) is 0 Å². The molecule has 0 saturated heterocycles. The average molecular weight is 438 g/mol. The van der Waals surface area contributed by atoms with Crippen molar-refractivity contribution in [2.24, 2.45) is 0 Å². The van der Waals surface area contributed by atoms with Gasteiger partial charge in [0, 0.05) is 33.4 Å². The molecular formula is C22H20ClN5OS. The van der Waals surface area contributed by atoms with Gasteiger partial charge < -0.3 is 5.32 Å². The number of aryl methyl sites for hydroxylation is 2. The Hall–Kier alpha value is -2.90. The molecule has 0 aliphatic carbocycles. The zero-order chi connectivity index (χ0) is 21.3. The number of hydrogen-bond acceptors (Lipinski definition) is 5. The topological polar surface area (TPSA) is 72.2 Å². The van der Waals surface area contributed by atoms with Crippen molar-refractivity contribution >= 4 is 40.7 Å². The number of carbonyl (C=O) groups excluding carboxylic acids is 1. The molecule has 4 rings (SSSR count). The SMILES string of the molecule is Cc1cc(C)n2nc(SCc3ccccc3C(=O)Nc3cccc(Cl)c3C)nc2n1. The summed E-state index contributed by atoms with van der Waals surface area (Å²) in [5.74, 6) is 0.970. The fourth-order valence-corrected chi connectivity index (χ4v) is 4.15. The summed E-state index contributed by atoms with van der Waals surface area (Å²) < 4.78 is 1.73. The molecule has 0 saturated carbocycles. The Morgan fingerprint density at radius 1 is 1.10 bits per heavy atom. The maximum absolute atomic E-state index is 12.9. The Balaban J connectivity index is 1.54. The lowest BCUT2D eigenvalue weighted by atomic mass is 10.1. The number of anilines is 1. The zero-order valence-corrected chi connectivity index (χ0v) is 18.4. The lowest BCUT2D eigenvalue weighted by Gasteiger charge is -2.12. The molecule has 4 aromatic rings. The first-order valence-corrected chi connectivity index (χ1v) is 10.8. The summed E-state index contributed by atoms with van der Waals surface area (Å²) >= 11 is 7.64. The third-order valence-corrected chi connectivity index (χ3v) is 6.03. The number of halogens is 1. The monoisotopic (exact) mass is 437 g/mol. The Bertz CT molecular complexity index is 1250. The number of rotatable bonds is 5. The van der Waals surface area contributed by atoms with Crippen molar-refractivity contribution < 1.29 is 4.79 Å². The van der Waals surface area contributed by atoms with Gasteiger partial charge in [-0.25, -0.2) is 9.50 Å². The highest BCUT2D eigenvalue weighted by atomic mass is 35.5. The van der Waals surface area contributed by atoms with Gasteiger partial charge in [-0.15, -0.1) is 5.10 Å². The molecule has 0 aliphatic heterocycles. The number of nitrogens with zero attached hydrogens (tertiary/aromatic N) is 4. The van der Waals surface area contributed by atoms with Crippen molar-refractivity contribution in [3.63, 3.8) is 0 Å². The van der Waals surface area contributed by atoms with Gasteiger partial charge in [0.2, 0.25) is 5.16 Å². The van der Waals surface area contributed by atoms with E-state index >= 15 is 0 Å². The van der Waals surface area contributed by atoms with Gasteiger partial charge in [-0.1, -0.05) is 47.6 Å². The van der Waals surface area contributed by atoms with Crippen molar-refractivity contribution in [1.82, 2.24) is 19.6 Å². The van der Waals surface area contributed by atoms with E-state index in [2.05, 4.69) is 20.4 Å². The van der Waals surface area contributed by atoms with E-state index in [9.17, 15) is 4.79 Å². The standard InChI is InChI=1S/C22H20ClN5OS/c1-13-11-14(2)28-21(24-13)26-22(27-28)30-12-16-7-4-5-8-17(16)20(29)25-19-10-6-9-18(23)15(19)3/h4-11H,12H2,1-3H3,(H,25,29). The molecule has 2 aromatic carbocycles. The third kappa shape index (κ3) is 4.17. The molecule has 0 radical (unpaired) electrons. The molecule has 152 valence electrons. The van der Waals surface area contributed by atoms with Gasteiger partial charge in [-0.3, -0.25) is 4.79 Å². The van der Waals surface area contributed by atoms with Gasteiger partial charge in [-0.2, -0.15) is 4.98 Å². The van der Waals surface area contributed by atoms with Crippen LogP contribution >= 0.6 is 23.4 Å². The Morgan fingerprint density at radius 2 is 1.90 bits per heavy atom. The summed E-state index contributed by atoms with van der Waals surface area (Å²) in [6, 6.07) is 15.0. The Kier molecular flexibility index (Phi) is 5.74. The van der Waals surface area contributed by atoms with Crippen LogP contribution in [0.1, 0.15) is 32.9 Å². The summed E-state index contributed by atoms with van der Waals surface area (Å²) in [5.41, 5.74) is 4.94. The minimum Gasteiger partial charge on any atom is -0.322 e. The van der Waals surface area contributed by atoms with Crippen molar-refractivity contribution in [3.8, 4) is 0 Å². The smallest absolute Gasteiger partial charge is 0.255 e. The number of benzene rings is 2. The molecule has 0 aliphatic rings. The summed E-state index contributed by atoms with van der Waals surface area (Å²) in [7, 11) is 0. The largest absolute Gasteiger partial charge is 0.322 e. The number of amides is 1. The van der Waals surface area contributed by atoms with Crippen LogP contribution in [-0.2, 0) is 5.75 Å². The fraction of sp³-hybridized carbons (Fsp3) is 0.182. The fourth-order valence-electron chi connectivity index (χ4n) is 3.15. The first kappa shape index (κ1) is 20.4. The average Bonchev–Trinajstić information content (AvgIpc) is 3.13. The molecule has 2 heterocycles. The number of nitrogens with one attached hydrogen (secondary N) is 1. The van der Waals surface area contributed by atoms with E-state index in [1.54, 1.807) is 10.6 Å². The van der Waals surface area contributed by atoms with Crippen molar-refractivity contribution in [1.29, 1.82) is 0 Å². The summed E-state index contributed by atoms with van der Waals surface area (Å²) in [4.78, 5) is 21.8. The van der Waals surface area contributed by atoms with Crippen molar-refractivity contribution in [2.45, 2.75) is 31.7 Å². The van der Waals surface area contributed by atoms with Crippen LogP contribution in [0.25, 0.3) is 5.78 Å². The van der Waals surface area contributed by atoms with Crippen molar-refractivity contribution in [2.75, 3.05) is 5.32 Å². The lowest BCUT2D eigenvalue weighted by molar-refractivity contribution is 0.102. The van der Waals surface area contributed by atoms with Crippen LogP contribution in [0, 0.1) is 20.8 Å². The third-order valence-electron chi connectivity index (χ3n) is 4.73. The molecule has 0 fully saturated rings. The van der Waals surface area contributed by atoms with E-state index < -0.39 is 0 Å². The molecule has 0 spiro atoms. The van der Waals surface area contributed by atoms with Crippen LogP contribution in [0.4, 0.5) is 5.69 Å². The van der Waals surface area contributed by atoms with Crippen LogP contribution in [0.3, 0.4) is 0 Å². The van der Waals surface area contributed by atoms with E-state index in [0.717, 1.165) is 22.5 Å². The highest BCUT2D eigenvalue weighted by Gasteiger charge is 2.15. The highest BCUT2D eigenvalue weighted by molar-refractivity contribution is 7.98. The van der Waals surface area contributed by atoms with Crippen molar-refractivity contribution in [3.05, 3.63) is 81.6 Å². The van der Waals surface area contributed by atoms with E-state index in [1.165, 1.54) is 11.8 Å². The molecule has 30 heavy (non-hydrogen) atoms. The van der Waals surface area contributed by atoms with E-state index in [1.807, 2.05) is 63.2 Å². The van der Waals surface area contributed by atoms with E-state index in [4.69, 9.17) is 11.6 Å². The Labute approximate surface area is 183 Å². The predicted octanol–water partition coefficient (Wildman–Crippen LogP) is 5.25. The normalized spacial score (nSPS) is 11.1. The second kappa shape index (κ2) is 8.45. The van der Waals surface area contributed by atoms with Crippen LogP contribution in [0.5, 0.6) is 0 Å². The molecule has 1 amide bonds. The van der Waals surface area contributed by atoms with Gasteiger partial charge in [0.25, 0.3) is 11.7 Å². The summed E-state index contributed by atoms with van der Waals surface area (Å²) in [6.45, 7) is 5.79. The molecule has 1 N–H and O–H groups in total. The molecule has 0 unspecified atom stereocenters. The molecule has 0 bridgehead atoms. The second-order valence-electron chi connectivity index (χ2n) is 6.96. The van der Waals surface area contributed by atoms with Gasteiger partial charge >= 0.3 is 0 Å². The van der Waals surface area contributed by atoms with Crippen LogP contribution < -0.4 is 5.32 Å². The lowest BCUT2D eigenvalue weighted by Crippen LogP contribution is -2.14. The number of hydrogen-bond donors (Lipinski definition) is 1. The number of thioether (sulfide) groups is 1. The first-order valence-electron chi connectivity index (χ1n) is 9.40. The quantitative estimate of drug-likeness (QED) is 0.432. The van der Waals surface area contributed by atoms with Gasteiger partial charge in [0.15, 0.2) is 0 Å². The van der Waals surface area contributed by atoms with E-state index in [0.29, 0.717) is 33.0 Å². The van der Waals surface area contributed by atoms with Gasteiger partial charge in [0.1, 0.15) is 0 Å². The molecule has 0 atom stereocenters. The minimum atomic E-state index is -0.173. The second-order valence-corrected chi connectivity index (χ2v) is 8.31. The summed E-state index contributed by atoms with van der Waals surface area (Å²) in [6.07, 6.45) is 0. The maximum Gasteiger partial charge on any atom is 0.255 e. The molecule has 2 aromatic heterocycles. The van der Waals surface area contributed by atoms with Gasteiger partial charge in [-0.05, 0) is 56.2 Å². The first-order chi connectivity index (χ1) is 14.4. The van der Waals surface area contributed by atoms with E-state index in [-0.39, 0.29) is 5.91 Å². The minimum absolute atomic E-state index is 0.173. The molecular weight excluding hydrogens is 418 g/mol. The zero-order valence-electron chi connectivity index (χ0n) is 16.8. The Morgan fingerprint density at radius 3 is 2.73 bits per heavy atom. The number of fused-ring (bicyclic) bond motifs is 1. The maximum atomic E-state index is 12.9. The summed E-state index contributed by atoms with van der Waals surface area (Å²) in [5, 5.41) is 8.73. The molecule has 8 heteroatoms. The predicted molar refractivity (Wildman–Crippen MR) is 120 cm³/mol. The van der Waals surface area contributed by atoms with Crippen LogP contribution in [0.15, 0.2) is 53.7 Å². The molecule has 6 nitrogen and oxygen atoms in total. The van der Waals surface area contributed by atoms with Crippen LogP contribution in [-0.4, -0.2) is 25.5 Å². The number of aromatic nitrogens is 4. The van der Waals surface area contributed by atoms with Crippen LogP contribution in [0.2, 0.25) is 5.02 Å².